The molecule has 0 saturated heterocycles. The van der Waals surface area contributed by atoms with Crippen molar-refractivity contribution in [3.8, 4) is 12.1 Å². The topological polar surface area (TPSA) is 47.6 Å². The monoisotopic (exact) mass is 146 g/mol. The van der Waals surface area contributed by atoms with Gasteiger partial charge >= 0.3 is 0 Å². The third-order valence-electron chi connectivity index (χ3n) is 1.45. The predicted molar refractivity (Wildman–Crippen MR) is 43.3 cm³/mol. The number of hydrogen-bond donors (Lipinski definition) is 0. The van der Waals surface area contributed by atoms with E-state index in [-0.39, 0.29) is 5.92 Å². The van der Waals surface area contributed by atoms with Crippen molar-refractivity contribution < 1.29 is 0 Å². The van der Waals surface area contributed by atoms with Gasteiger partial charge in [-0.05, 0) is 12.3 Å². The van der Waals surface area contributed by atoms with Crippen molar-refractivity contribution >= 4 is 0 Å². The molecule has 0 N–H and O–H groups in total. The molecule has 0 amide bonds. The fourth-order valence-corrected chi connectivity index (χ4v) is 0.649. The van der Waals surface area contributed by atoms with Gasteiger partial charge in [-0.1, -0.05) is 20.1 Å². The van der Waals surface area contributed by atoms with Crippen LogP contribution in [0.15, 0.2) is 24.3 Å². The molecule has 0 aliphatic heterocycles. The van der Waals surface area contributed by atoms with E-state index in [1.165, 1.54) is 0 Å². The summed E-state index contributed by atoms with van der Waals surface area (Å²) in [6.07, 6.45) is 0.531. The van der Waals surface area contributed by atoms with Crippen LogP contribution >= 0.6 is 0 Å². The maximum atomic E-state index is 8.43. The van der Waals surface area contributed by atoms with Crippen LogP contribution in [0.4, 0.5) is 0 Å². The van der Waals surface area contributed by atoms with Gasteiger partial charge in [-0.25, -0.2) is 0 Å². The molecule has 0 radical (unpaired) electrons. The van der Waals surface area contributed by atoms with Gasteiger partial charge in [-0.15, -0.1) is 0 Å². The summed E-state index contributed by atoms with van der Waals surface area (Å²) in [7, 11) is 0. The van der Waals surface area contributed by atoms with E-state index >= 15 is 0 Å². The molecule has 1 unspecified atom stereocenters. The molecule has 0 bridgehead atoms. The Labute approximate surface area is 67.1 Å². The fourth-order valence-electron chi connectivity index (χ4n) is 0.649. The molecule has 0 aliphatic rings. The average Bonchev–Trinajstić information content (AvgIpc) is 2.02. The highest BCUT2D eigenvalue weighted by Crippen LogP contribution is 2.15. The van der Waals surface area contributed by atoms with Gasteiger partial charge < -0.3 is 0 Å². The highest BCUT2D eigenvalue weighted by atomic mass is 14.3. The van der Waals surface area contributed by atoms with Gasteiger partial charge in [0.25, 0.3) is 0 Å². The Morgan fingerprint density at radius 3 is 2.27 bits per heavy atom. The first-order chi connectivity index (χ1) is 5.11. The molecule has 0 aromatic rings. The van der Waals surface area contributed by atoms with Crippen LogP contribution in [0.1, 0.15) is 13.3 Å². The molecule has 0 spiro atoms. The lowest BCUT2D eigenvalue weighted by atomic mass is 9.97. The molecule has 0 rings (SSSR count). The molecule has 2 heteroatoms. The van der Waals surface area contributed by atoms with E-state index in [4.69, 9.17) is 10.5 Å². The van der Waals surface area contributed by atoms with E-state index < -0.39 is 0 Å². The predicted octanol–water partition coefficient (Wildman–Crippen LogP) is 2.17. The molecule has 0 aromatic heterocycles. The Hall–Kier alpha value is -1.54. The zero-order chi connectivity index (χ0) is 8.85. The lowest BCUT2D eigenvalue weighted by Gasteiger charge is -2.05. The average molecular weight is 146 g/mol. The normalized spacial score (nSPS) is 10.8. The standard InChI is InChI=1S/C9H10N2/c1-7(5-10)4-8(2)9(3)6-11/h8H,1,3-4H2,2H3. The van der Waals surface area contributed by atoms with Crippen LogP contribution in [0, 0.1) is 28.6 Å². The van der Waals surface area contributed by atoms with Gasteiger partial charge in [0.05, 0.1) is 12.1 Å². The summed E-state index contributed by atoms with van der Waals surface area (Å²) in [5, 5.41) is 16.8. The summed E-state index contributed by atoms with van der Waals surface area (Å²) in [5.41, 5.74) is 0.996. The molecule has 0 aliphatic carbocycles. The van der Waals surface area contributed by atoms with Crippen molar-refractivity contribution in [2.45, 2.75) is 13.3 Å². The van der Waals surface area contributed by atoms with E-state index in [0.29, 0.717) is 17.6 Å². The molecular formula is C9H10N2. The molecule has 0 saturated carbocycles. The van der Waals surface area contributed by atoms with E-state index in [1.807, 2.05) is 19.1 Å². The summed E-state index contributed by atoms with van der Waals surface area (Å²) in [5.74, 6) is 0.0344. The lowest BCUT2D eigenvalue weighted by Crippen LogP contribution is -1.96. The van der Waals surface area contributed by atoms with Crippen LogP contribution in [0.5, 0.6) is 0 Å². The van der Waals surface area contributed by atoms with Gasteiger partial charge in [0.1, 0.15) is 0 Å². The van der Waals surface area contributed by atoms with Crippen LogP contribution in [-0.4, -0.2) is 0 Å². The van der Waals surface area contributed by atoms with E-state index in [2.05, 4.69) is 13.2 Å². The third-order valence-corrected chi connectivity index (χ3v) is 1.45. The molecule has 0 aromatic carbocycles. The Kier molecular flexibility index (Phi) is 3.70. The SMILES string of the molecule is C=C(C#N)CC(C)C(=C)C#N. The van der Waals surface area contributed by atoms with Gasteiger partial charge in [0.15, 0.2) is 0 Å². The second kappa shape index (κ2) is 4.30. The molecule has 0 heterocycles. The maximum absolute atomic E-state index is 8.43. The van der Waals surface area contributed by atoms with Crippen molar-refractivity contribution in [2.75, 3.05) is 0 Å². The number of rotatable bonds is 3. The zero-order valence-electron chi connectivity index (χ0n) is 6.59. The molecule has 2 nitrogen and oxygen atoms in total. The minimum Gasteiger partial charge on any atom is -0.193 e. The van der Waals surface area contributed by atoms with Gasteiger partial charge in [-0.3, -0.25) is 0 Å². The lowest BCUT2D eigenvalue weighted by molar-refractivity contribution is 0.705. The highest BCUT2D eigenvalue weighted by Gasteiger charge is 2.06. The van der Waals surface area contributed by atoms with Gasteiger partial charge in [0, 0.05) is 11.1 Å². The second-order valence-corrected chi connectivity index (χ2v) is 2.46. The number of nitriles is 2. The number of allylic oxidation sites excluding steroid dienone is 2. The molecule has 1 atom stereocenters. The van der Waals surface area contributed by atoms with Crippen LogP contribution in [-0.2, 0) is 0 Å². The zero-order valence-corrected chi connectivity index (χ0v) is 6.59. The molecular weight excluding hydrogens is 136 g/mol. The summed E-state index contributed by atoms with van der Waals surface area (Å²) < 4.78 is 0. The fraction of sp³-hybridized carbons (Fsp3) is 0.333. The minimum atomic E-state index is 0.0344. The first-order valence-electron chi connectivity index (χ1n) is 3.28. The number of hydrogen-bond acceptors (Lipinski definition) is 2. The van der Waals surface area contributed by atoms with Gasteiger partial charge in [0.2, 0.25) is 0 Å². The van der Waals surface area contributed by atoms with Crippen molar-refractivity contribution in [3.63, 3.8) is 0 Å². The summed E-state index contributed by atoms with van der Waals surface area (Å²) in [6.45, 7) is 8.92. The first-order valence-corrected chi connectivity index (χ1v) is 3.28. The quantitative estimate of drug-likeness (QED) is 0.573. The van der Waals surface area contributed by atoms with Crippen LogP contribution < -0.4 is 0 Å². The Morgan fingerprint density at radius 2 is 1.91 bits per heavy atom. The Bertz CT molecular complexity index is 250. The summed E-state index contributed by atoms with van der Waals surface area (Å²) in [4.78, 5) is 0. The Balaban J connectivity index is 4.02. The van der Waals surface area contributed by atoms with Crippen molar-refractivity contribution in [3.05, 3.63) is 24.3 Å². The van der Waals surface area contributed by atoms with Crippen LogP contribution in [0.2, 0.25) is 0 Å². The van der Waals surface area contributed by atoms with E-state index in [0.717, 1.165) is 0 Å². The van der Waals surface area contributed by atoms with Crippen LogP contribution in [0.25, 0.3) is 0 Å². The smallest absolute Gasteiger partial charge is 0.0943 e. The minimum absolute atomic E-state index is 0.0344. The highest BCUT2D eigenvalue weighted by molar-refractivity contribution is 5.24. The molecule has 0 fully saturated rings. The van der Waals surface area contributed by atoms with E-state index in [1.54, 1.807) is 0 Å². The van der Waals surface area contributed by atoms with Crippen LogP contribution in [0.3, 0.4) is 0 Å². The first kappa shape index (κ1) is 9.46. The molecule has 56 valence electrons. The maximum Gasteiger partial charge on any atom is 0.0943 e. The van der Waals surface area contributed by atoms with E-state index in [9.17, 15) is 0 Å². The van der Waals surface area contributed by atoms with Crippen molar-refractivity contribution in [2.24, 2.45) is 5.92 Å². The van der Waals surface area contributed by atoms with Crippen molar-refractivity contribution in [1.82, 2.24) is 0 Å². The molecule has 11 heavy (non-hydrogen) atoms. The third kappa shape index (κ3) is 3.23. The summed E-state index contributed by atoms with van der Waals surface area (Å²) >= 11 is 0. The largest absolute Gasteiger partial charge is 0.193 e. The second-order valence-electron chi connectivity index (χ2n) is 2.46. The van der Waals surface area contributed by atoms with Crippen molar-refractivity contribution in [1.29, 1.82) is 10.5 Å². The summed E-state index contributed by atoms with van der Waals surface area (Å²) in [6, 6.07) is 3.88. The van der Waals surface area contributed by atoms with Gasteiger partial charge in [-0.2, -0.15) is 10.5 Å². The Morgan fingerprint density at radius 1 is 1.36 bits per heavy atom. The number of nitrogens with zero attached hydrogens (tertiary/aromatic N) is 2.